The van der Waals surface area contributed by atoms with Crippen LogP contribution in [0.15, 0.2) is 12.1 Å². The number of carbonyl (C=O) groups is 2. The number of hydrogen-bond donors (Lipinski definition) is 1. The van der Waals surface area contributed by atoms with Crippen LogP contribution in [-0.4, -0.2) is 11.9 Å². The zero-order valence-electron chi connectivity index (χ0n) is 10.6. The molecule has 92 valence electrons. The summed E-state index contributed by atoms with van der Waals surface area (Å²) in [5, 5.41) is 2.77. The second-order valence-corrected chi connectivity index (χ2v) is 3.93. The van der Waals surface area contributed by atoms with Crippen LogP contribution in [0.2, 0.25) is 0 Å². The third kappa shape index (κ3) is 3.59. The number of aryl methyl sites for hydroxylation is 2. The molecule has 4 heteroatoms. The average molecular weight is 235 g/mol. The van der Waals surface area contributed by atoms with Crippen molar-refractivity contribution in [2.24, 2.45) is 0 Å². The molecule has 0 atom stereocenters. The first-order valence-electron chi connectivity index (χ1n) is 5.53. The minimum Gasteiger partial charge on any atom is -0.426 e. The molecular formula is C13H17NO3. The highest BCUT2D eigenvalue weighted by Gasteiger charge is 2.09. The number of carbonyl (C=O) groups excluding carboxylic acids is 2. The van der Waals surface area contributed by atoms with Crippen LogP contribution in [-0.2, 0) is 9.59 Å². The van der Waals surface area contributed by atoms with E-state index in [0.717, 1.165) is 16.8 Å². The number of hydrogen-bond acceptors (Lipinski definition) is 3. The van der Waals surface area contributed by atoms with E-state index in [1.807, 2.05) is 13.8 Å². The van der Waals surface area contributed by atoms with Crippen LogP contribution in [0.1, 0.15) is 31.4 Å². The van der Waals surface area contributed by atoms with E-state index >= 15 is 0 Å². The Balaban J connectivity index is 3.00. The molecule has 0 spiro atoms. The van der Waals surface area contributed by atoms with E-state index in [2.05, 4.69) is 5.32 Å². The fourth-order valence-corrected chi connectivity index (χ4v) is 1.58. The maximum atomic E-state index is 11.3. The first-order valence-corrected chi connectivity index (χ1v) is 5.53. The highest BCUT2D eigenvalue weighted by Crippen LogP contribution is 2.27. The Kier molecular flexibility index (Phi) is 4.26. The molecule has 1 rings (SSSR count). The molecule has 0 aliphatic carbocycles. The number of benzene rings is 1. The third-order valence-electron chi connectivity index (χ3n) is 2.31. The number of esters is 1. The molecule has 1 amide bonds. The number of rotatable bonds is 3. The van der Waals surface area contributed by atoms with Gasteiger partial charge in [0.15, 0.2) is 0 Å². The van der Waals surface area contributed by atoms with Gasteiger partial charge in [-0.3, -0.25) is 9.59 Å². The zero-order chi connectivity index (χ0) is 13.0. The summed E-state index contributed by atoms with van der Waals surface area (Å²) in [7, 11) is 0. The van der Waals surface area contributed by atoms with Crippen LogP contribution in [0.3, 0.4) is 0 Å². The molecular weight excluding hydrogens is 218 g/mol. The summed E-state index contributed by atoms with van der Waals surface area (Å²) < 4.78 is 5.11. The summed E-state index contributed by atoms with van der Waals surface area (Å²) in [5.41, 5.74) is 2.38. The molecule has 0 aliphatic rings. The summed E-state index contributed by atoms with van der Waals surface area (Å²) in [5.74, 6) is 0.178. The predicted molar refractivity (Wildman–Crippen MR) is 66.1 cm³/mol. The largest absolute Gasteiger partial charge is 0.426 e. The maximum Gasteiger partial charge on any atom is 0.308 e. The standard InChI is InChI=1S/C13H17NO3/c1-5-12(16)14-11-6-8(2)13(9(3)7-11)17-10(4)15/h6-7H,5H2,1-4H3,(H,14,16). The van der Waals surface area contributed by atoms with Crippen LogP contribution in [0.4, 0.5) is 5.69 Å². The topological polar surface area (TPSA) is 55.4 Å². The van der Waals surface area contributed by atoms with E-state index < -0.39 is 0 Å². The molecule has 0 aromatic heterocycles. The van der Waals surface area contributed by atoms with Gasteiger partial charge in [-0.15, -0.1) is 0 Å². The number of amides is 1. The lowest BCUT2D eigenvalue weighted by Gasteiger charge is -2.12. The summed E-state index contributed by atoms with van der Waals surface area (Å²) in [6.45, 7) is 6.84. The second kappa shape index (κ2) is 5.48. The molecule has 0 heterocycles. The van der Waals surface area contributed by atoms with Gasteiger partial charge in [-0.05, 0) is 37.1 Å². The van der Waals surface area contributed by atoms with Gasteiger partial charge in [0.05, 0.1) is 0 Å². The smallest absolute Gasteiger partial charge is 0.308 e. The Bertz CT molecular complexity index is 429. The van der Waals surface area contributed by atoms with Crippen molar-refractivity contribution < 1.29 is 14.3 Å². The Morgan fingerprint density at radius 1 is 1.24 bits per heavy atom. The molecule has 1 aromatic rings. The molecule has 0 fully saturated rings. The monoisotopic (exact) mass is 235 g/mol. The van der Waals surface area contributed by atoms with Crippen molar-refractivity contribution in [3.63, 3.8) is 0 Å². The van der Waals surface area contributed by atoms with Crippen molar-refractivity contribution in [1.82, 2.24) is 0 Å². The fraction of sp³-hybridized carbons (Fsp3) is 0.385. The molecule has 0 unspecified atom stereocenters. The number of nitrogens with one attached hydrogen (secondary N) is 1. The summed E-state index contributed by atoms with van der Waals surface area (Å²) in [6, 6.07) is 3.58. The van der Waals surface area contributed by atoms with Crippen LogP contribution in [0.25, 0.3) is 0 Å². The quantitative estimate of drug-likeness (QED) is 0.647. The first kappa shape index (κ1) is 13.2. The molecule has 0 bridgehead atoms. The summed E-state index contributed by atoms with van der Waals surface area (Å²) in [6.07, 6.45) is 0.434. The molecule has 4 nitrogen and oxygen atoms in total. The Labute approximate surface area is 101 Å². The number of ether oxygens (including phenoxy) is 1. The molecule has 0 radical (unpaired) electrons. The lowest BCUT2D eigenvalue weighted by molar-refractivity contribution is -0.132. The molecule has 1 aromatic carbocycles. The van der Waals surface area contributed by atoms with Crippen molar-refractivity contribution in [3.8, 4) is 5.75 Å². The van der Waals surface area contributed by atoms with Gasteiger partial charge < -0.3 is 10.1 Å². The van der Waals surface area contributed by atoms with Gasteiger partial charge in [0.25, 0.3) is 0 Å². The zero-order valence-corrected chi connectivity index (χ0v) is 10.6. The fourth-order valence-electron chi connectivity index (χ4n) is 1.58. The molecule has 0 aliphatic heterocycles. The minimum absolute atomic E-state index is 0.0379. The van der Waals surface area contributed by atoms with Crippen molar-refractivity contribution in [1.29, 1.82) is 0 Å². The molecule has 0 saturated heterocycles. The summed E-state index contributed by atoms with van der Waals surface area (Å²) in [4.78, 5) is 22.2. The van der Waals surface area contributed by atoms with Crippen LogP contribution in [0, 0.1) is 13.8 Å². The first-order chi connectivity index (χ1) is 7.93. The van der Waals surface area contributed by atoms with E-state index in [-0.39, 0.29) is 11.9 Å². The lowest BCUT2D eigenvalue weighted by atomic mass is 10.1. The predicted octanol–water partition coefficient (Wildman–Crippen LogP) is 2.58. The lowest BCUT2D eigenvalue weighted by Crippen LogP contribution is -2.10. The van der Waals surface area contributed by atoms with Gasteiger partial charge in [0.1, 0.15) is 5.75 Å². The van der Waals surface area contributed by atoms with Gasteiger partial charge in [-0.25, -0.2) is 0 Å². The van der Waals surface area contributed by atoms with E-state index in [0.29, 0.717) is 12.2 Å². The van der Waals surface area contributed by atoms with E-state index in [1.54, 1.807) is 19.1 Å². The van der Waals surface area contributed by atoms with Gasteiger partial charge >= 0.3 is 5.97 Å². The van der Waals surface area contributed by atoms with Gasteiger partial charge in [-0.1, -0.05) is 6.92 Å². The van der Waals surface area contributed by atoms with Crippen molar-refractivity contribution in [2.45, 2.75) is 34.1 Å². The van der Waals surface area contributed by atoms with Crippen molar-refractivity contribution in [3.05, 3.63) is 23.3 Å². The SMILES string of the molecule is CCC(=O)Nc1cc(C)c(OC(C)=O)c(C)c1. The Morgan fingerprint density at radius 3 is 2.18 bits per heavy atom. The van der Waals surface area contributed by atoms with Crippen LogP contribution < -0.4 is 10.1 Å². The molecule has 1 N–H and O–H groups in total. The highest BCUT2D eigenvalue weighted by molar-refractivity contribution is 5.90. The van der Waals surface area contributed by atoms with Gasteiger partial charge in [-0.2, -0.15) is 0 Å². The maximum absolute atomic E-state index is 11.3. The average Bonchev–Trinajstić information content (AvgIpc) is 2.23. The normalized spacial score (nSPS) is 9.88. The van der Waals surface area contributed by atoms with E-state index in [4.69, 9.17) is 4.74 Å². The van der Waals surface area contributed by atoms with Crippen molar-refractivity contribution >= 4 is 17.6 Å². The van der Waals surface area contributed by atoms with Crippen LogP contribution >= 0.6 is 0 Å². The summed E-state index contributed by atoms with van der Waals surface area (Å²) >= 11 is 0. The molecule has 17 heavy (non-hydrogen) atoms. The van der Waals surface area contributed by atoms with Crippen LogP contribution in [0.5, 0.6) is 5.75 Å². The number of anilines is 1. The minimum atomic E-state index is -0.346. The van der Waals surface area contributed by atoms with Gasteiger partial charge in [0.2, 0.25) is 5.91 Å². The third-order valence-corrected chi connectivity index (χ3v) is 2.31. The Morgan fingerprint density at radius 2 is 1.76 bits per heavy atom. The van der Waals surface area contributed by atoms with E-state index in [1.165, 1.54) is 6.92 Å². The molecule has 0 saturated carbocycles. The Hall–Kier alpha value is -1.84. The highest BCUT2D eigenvalue weighted by atomic mass is 16.5. The van der Waals surface area contributed by atoms with E-state index in [9.17, 15) is 9.59 Å². The second-order valence-electron chi connectivity index (χ2n) is 3.93. The van der Waals surface area contributed by atoms with Crippen molar-refractivity contribution in [2.75, 3.05) is 5.32 Å². The van der Waals surface area contributed by atoms with Gasteiger partial charge in [0, 0.05) is 19.0 Å².